The van der Waals surface area contributed by atoms with Gasteiger partial charge in [-0.2, -0.15) is 0 Å². The van der Waals surface area contributed by atoms with Gasteiger partial charge in [0.15, 0.2) is 0 Å². The maximum atomic E-state index is 5.77. The summed E-state index contributed by atoms with van der Waals surface area (Å²) in [5.41, 5.74) is 6.20. The molecule has 0 atom stereocenters. The van der Waals surface area contributed by atoms with Crippen molar-refractivity contribution in [3.63, 3.8) is 0 Å². The van der Waals surface area contributed by atoms with Crippen molar-refractivity contribution in [2.75, 3.05) is 13.2 Å². The quantitative estimate of drug-likeness (QED) is 0.242. The summed E-state index contributed by atoms with van der Waals surface area (Å²) in [6.07, 6.45) is 0. The fourth-order valence-electron chi connectivity index (χ4n) is 3.51. The average Bonchev–Trinajstić information content (AvgIpc) is 2.92. The maximum Gasteiger partial charge on any atom is 0.278 e. The first-order chi connectivity index (χ1) is 17.3. The second-order valence-electron chi connectivity index (χ2n) is 7.40. The molecular weight excluding hydrogens is 526 g/mol. The minimum atomic E-state index is 0.399. The van der Waals surface area contributed by atoms with Gasteiger partial charge >= 0.3 is 33.0 Å². The molecule has 1 aliphatic rings. The predicted octanol–water partition coefficient (Wildman–Crippen LogP) is 8.20. The van der Waals surface area contributed by atoms with Crippen LogP contribution in [0.2, 0.25) is 0 Å². The topological polar surface area (TPSA) is 43.2 Å². The summed E-state index contributed by atoms with van der Waals surface area (Å²) in [6, 6.07) is 36.6. The molecule has 0 radical (unpaired) electrons. The molecule has 1 saturated heterocycles. The number of hydrogen-bond acceptors (Lipinski definition) is 4. The van der Waals surface area contributed by atoms with Crippen LogP contribution in [0.15, 0.2) is 119 Å². The van der Waals surface area contributed by atoms with E-state index >= 15 is 0 Å². The van der Waals surface area contributed by atoms with Crippen LogP contribution >= 0.6 is 20.4 Å². The summed E-state index contributed by atoms with van der Waals surface area (Å²) < 4.78 is 11.5. The van der Waals surface area contributed by atoms with Gasteiger partial charge in [0.05, 0.1) is 11.4 Å². The van der Waals surface area contributed by atoms with E-state index in [1.54, 1.807) is 0 Å². The number of halogens is 2. The van der Waals surface area contributed by atoms with Gasteiger partial charge in [0.1, 0.15) is 13.2 Å². The first-order valence-electron chi connectivity index (χ1n) is 10.8. The summed E-state index contributed by atoms with van der Waals surface area (Å²) in [5, 5.41) is 0. The Bertz CT molecular complexity index is 1160. The Labute approximate surface area is 219 Å². The second kappa shape index (κ2) is 13.1. The van der Waals surface area contributed by atoms with E-state index < -0.39 is 0 Å². The van der Waals surface area contributed by atoms with Crippen molar-refractivity contribution >= 4 is 43.6 Å². The van der Waals surface area contributed by atoms with E-state index in [9.17, 15) is 0 Å². The van der Waals surface area contributed by atoms with Gasteiger partial charge < -0.3 is 9.47 Å². The Morgan fingerprint density at radius 2 is 0.800 bits per heavy atom. The zero-order valence-electron chi connectivity index (χ0n) is 18.6. The normalized spacial score (nSPS) is 15.1. The molecule has 0 unspecified atom stereocenters. The standard InChI is InChI=1S/C28H22N2O2.2ClH.Ni/c1-3-7-21(8-4-1)23-11-15-25(16-12-23)29-27-28(32-20-19-31-27)30-26-17-13-24(14-18-26)22-9-5-2-6-10-22;;;/h1-18H,19-20H2;2*1H;/q;;;+2/p-2. The van der Waals surface area contributed by atoms with Crippen LogP contribution in [0.25, 0.3) is 22.3 Å². The van der Waals surface area contributed by atoms with Gasteiger partial charge in [-0.1, -0.05) is 84.9 Å². The molecule has 180 valence electrons. The van der Waals surface area contributed by atoms with Crippen LogP contribution in [0.3, 0.4) is 0 Å². The fraction of sp³-hybridized carbons (Fsp3) is 0.0714. The fourth-order valence-corrected chi connectivity index (χ4v) is 3.51. The van der Waals surface area contributed by atoms with Crippen molar-refractivity contribution in [3.8, 4) is 22.3 Å². The molecule has 4 aromatic rings. The number of aliphatic imine (C=N–C) groups is 2. The van der Waals surface area contributed by atoms with Crippen LogP contribution < -0.4 is 0 Å². The summed E-state index contributed by atoms with van der Waals surface area (Å²) in [4.78, 5) is 9.27. The predicted molar refractivity (Wildman–Crippen MR) is 142 cm³/mol. The van der Waals surface area contributed by atoms with Crippen molar-refractivity contribution in [1.29, 1.82) is 0 Å². The molecule has 4 aromatic carbocycles. The number of ether oxygens (including phenoxy) is 2. The monoisotopic (exact) mass is 546 g/mol. The van der Waals surface area contributed by atoms with Crippen molar-refractivity contribution in [2.45, 2.75) is 0 Å². The first kappa shape index (κ1) is 25.0. The average molecular weight is 548 g/mol. The molecule has 0 amide bonds. The molecule has 1 fully saturated rings. The number of rotatable bonds is 4. The molecule has 0 bridgehead atoms. The summed E-state index contributed by atoms with van der Waals surface area (Å²) in [6.45, 7) is 0.903. The van der Waals surface area contributed by atoms with Gasteiger partial charge in [0.25, 0.3) is 11.8 Å². The second-order valence-corrected chi connectivity index (χ2v) is 9.03. The Morgan fingerprint density at radius 1 is 0.486 bits per heavy atom. The molecule has 1 aliphatic heterocycles. The van der Waals surface area contributed by atoms with Crippen molar-refractivity contribution in [2.24, 2.45) is 9.98 Å². The van der Waals surface area contributed by atoms with E-state index in [0.29, 0.717) is 37.7 Å². The minimum absolute atomic E-state index is 0.399. The first-order valence-corrected chi connectivity index (χ1v) is 13.6. The zero-order valence-corrected chi connectivity index (χ0v) is 21.1. The smallest absolute Gasteiger partial charge is 0.278 e. The molecule has 0 saturated carbocycles. The van der Waals surface area contributed by atoms with Gasteiger partial charge in [0.2, 0.25) is 0 Å². The number of benzene rings is 4. The van der Waals surface area contributed by atoms with Gasteiger partial charge in [-0.25, -0.2) is 9.98 Å². The Kier molecular flexibility index (Phi) is 9.36. The molecule has 35 heavy (non-hydrogen) atoms. The van der Waals surface area contributed by atoms with E-state index in [0.717, 1.165) is 22.5 Å². The SMILES string of the molecule is [Cl][Ni][Cl].c1ccc(-c2ccc(N=C3OCCOC3=Nc3ccc(-c4ccccc4)cc3)cc2)cc1. The Balaban J connectivity index is 0.000000917. The Hall–Kier alpha value is -3.11. The van der Waals surface area contributed by atoms with E-state index in [-0.39, 0.29) is 0 Å². The van der Waals surface area contributed by atoms with Crippen LogP contribution in [0.4, 0.5) is 11.4 Å². The third-order valence-electron chi connectivity index (χ3n) is 5.15. The van der Waals surface area contributed by atoms with Crippen molar-refractivity contribution < 1.29 is 22.1 Å². The van der Waals surface area contributed by atoms with Gasteiger partial charge in [-0.15, -0.1) is 0 Å². The van der Waals surface area contributed by atoms with Crippen LogP contribution in [-0.4, -0.2) is 25.0 Å². The Morgan fingerprint density at radius 3 is 1.14 bits per heavy atom. The molecule has 5 rings (SSSR count). The van der Waals surface area contributed by atoms with Crippen LogP contribution in [-0.2, 0) is 22.1 Å². The van der Waals surface area contributed by atoms with Crippen LogP contribution in [0.5, 0.6) is 0 Å². The zero-order chi connectivity index (χ0) is 24.3. The summed E-state index contributed by atoms with van der Waals surface area (Å²) in [7, 11) is 9.40. The molecule has 0 aliphatic carbocycles. The number of nitrogens with zero attached hydrogens (tertiary/aromatic N) is 2. The largest absolute Gasteiger partial charge is 0.470 e. The van der Waals surface area contributed by atoms with E-state index in [1.165, 1.54) is 11.1 Å². The van der Waals surface area contributed by atoms with Crippen LogP contribution in [0.1, 0.15) is 0 Å². The third kappa shape index (κ3) is 7.19. The summed E-state index contributed by atoms with van der Waals surface area (Å²) >= 11 is 0.569. The number of hydrogen-bond donors (Lipinski definition) is 0. The van der Waals surface area contributed by atoms with Crippen molar-refractivity contribution in [1.82, 2.24) is 0 Å². The molecule has 0 spiro atoms. The molecule has 1 heterocycles. The van der Waals surface area contributed by atoms with Gasteiger partial charge in [0, 0.05) is 0 Å². The van der Waals surface area contributed by atoms with Crippen LogP contribution in [0, 0.1) is 0 Å². The third-order valence-corrected chi connectivity index (χ3v) is 5.15. The minimum Gasteiger partial charge on any atom is -0.470 e. The maximum absolute atomic E-state index is 5.77. The molecular formula is C28H22Cl2N2NiO2. The molecule has 0 aromatic heterocycles. The van der Waals surface area contributed by atoms with E-state index in [4.69, 9.17) is 29.9 Å². The molecule has 4 nitrogen and oxygen atoms in total. The molecule has 7 heteroatoms. The van der Waals surface area contributed by atoms with Gasteiger partial charge in [-0.05, 0) is 46.5 Å². The summed E-state index contributed by atoms with van der Waals surface area (Å²) in [5.74, 6) is 0.798. The van der Waals surface area contributed by atoms with Gasteiger partial charge in [-0.3, -0.25) is 0 Å². The molecule has 0 N–H and O–H groups in total. The van der Waals surface area contributed by atoms with E-state index in [2.05, 4.69) is 58.5 Å². The van der Waals surface area contributed by atoms with Crippen molar-refractivity contribution in [3.05, 3.63) is 109 Å². The van der Waals surface area contributed by atoms with E-state index in [1.807, 2.05) is 60.7 Å².